The number of pyridine rings is 2. The van der Waals surface area contributed by atoms with E-state index in [0.717, 1.165) is 0 Å². The number of nitrogens with one attached hydrogen (secondary N) is 1. The van der Waals surface area contributed by atoms with Crippen molar-refractivity contribution in [1.82, 2.24) is 9.55 Å². The van der Waals surface area contributed by atoms with Crippen LogP contribution in [0.25, 0.3) is 0 Å². The largest absolute Gasteiger partial charge is 0.398 e. The van der Waals surface area contributed by atoms with Gasteiger partial charge in [-0.25, -0.2) is 4.98 Å². The predicted octanol–water partition coefficient (Wildman–Crippen LogP) is 1.12. The lowest BCUT2D eigenvalue weighted by Crippen LogP contribution is -2.27. The monoisotopic (exact) mass is 278 g/mol. The minimum atomic E-state index is -0.409. The van der Waals surface area contributed by atoms with Crippen molar-refractivity contribution in [1.29, 1.82) is 0 Å². The number of nitrogens with two attached hydrogens (primary N) is 1. The van der Waals surface area contributed by atoms with Crippen LogP contribution in [-0.4, -0.2) is 15.5 Å². The van der Waals surface area contributed by atoms with E-state index in [1.165, 1.54) is 29.1 Å². The van der Waals surface area contributed by atoms with Crippen molar-refractivity contribution in [3.8, 4) is 0 Å². The maximum Gasteiger partial charge on any atom is 0.251 e. The summed E-state index contributed by atoms with van der Waals surface area (Å²) in [6, 6.07) is 6.04. The number of hydrogen-bond acceptors (Lipinski definition) is 4. The fourth-order valence-corrected chi connectivity index (χ4v) is 1.65. The third kappa shape index (κ3) is 3.32. The fraction of sp³-hybridized carbons (Fsp3) is 0.0833. The molecule has 3 N–H and O–H groups in total. The van der Waals surface area contributed by atoms with Crippen LogP contribution >= 0.6 is 11.6 Å². The Kier molecular flexibility index (Phi) is 3.82. The van der Waals surface area contributed by atoms with Gasteiger partial charge in [0.25, 0.3) is 5.56 Å². The quantitative estimate of drug-likeness (QED) is 0.880. The summed E-state index contributed by atoms with van der Waals surface area (Å²) in [6.07, 6.45) is 2.91. The van der Waals surface area contributed by atoms with Gasteiger partial charge in [0.1, 0.15) is 6.54 Å². The van der Waals surface area contributed by atoms with Crippen molar-refractivity contribution in [2.24, 2.45) is 0 Å². The third-order valence-corrected chi connectivity index (χ3v) is 2.64. The SMILES string of the molecule is Nc1ccc(=O)n(CC(=O)Nc2ncccc2Cl)c1. The summed E-state index contributed by atoms with van der Waals surface area (Å²) >= 11 is 5.86. The van der Waals surface area contributed by atoms with Gasteiger partial charge in [-0.05, 0) is 18.2 Å². The molecule has 0 aliphatic carbocycles. The van der Waals surface area contributed by atoms with Crippen molar-refractivity contribution in [3.05, 3.63) is 52.0 Å². The van der Waals surface area contributed by atoms with Gasteiger partial charge in [0.05, 0.1) is 5.02 Å². The van der Waals surface area contributed by atoms with E-state index in [1.54, 1.807) is 12.1 Å². The molecule has 0 spiro atoms. The van der Waals surface area contributed by atoms with Crippen LogP contribution in [0.2, 0.25) is 5.02 Å². The lowest BCUT2D eigenvalue weighted by molar-refractivity contribution is -0.116. The number of anilines is 2. The molecule has 0 radical (unpaired) electrons. The first-order valence-electron chi connectivity index (χ1n) is 5.42. The molecule has 0 saturated heterocycles. The lowest BCUT2D eigenvalue weighted by Gasteiger charge is -2.08. The van der Waals surface area contributed by atoms with Gasteiger partial charge >= 0.3 is 0 Å². The molecule has 0 aliphatic rings. The highest BCUT2D eigenvalue weighted by molar-refractivity contribution is 6.33. The highest BCUT2D eigenvalue weighted by atomic mass is 35.5. The second kappa shape index (κ2) is 5.53. The van der Waals surface area contributed by atoms with Crippen LogP contribution in [0.5, 0.6) is 0 Å². The van der Waals surface area contributed by atoms with E-state index in [9.17, 15) is 9.59 Å². The normalized spacial score (nSPS) is 10.2. The zero-order valence-electron chi connectivity index (χ0n) is 9.84. The Morgan fingerprint density at radius 3 is 2.95 bits per heavy atom. The molecule has 0 saturated carbocycles. The first kappa shape index (κ1) is 13.1. The van der Waals surface area contributed by atoms with Gasteiger partial charge in [0.15, 0.2) is 5.82 Å². The maximum atomic E-state index is 11.8. The molecule has 6 nitrogen and oxygen atoms in total. The van der Waals surface area contributed by atoms with Gasteiger partial charge in [0.2, 0.25) is 5.91 Å². The zero-order valence-corrected chi connectivity index (χ0v) is 10.6. The summed E-state index contributed by atoms with van der Waals surface area (Å²) in [5.41, 5.74) is 5.65. The Morgan fingerprint density at radius 2 is 2.21 bits per heavy atom. The van der Waals surface area contributed by atoms with Crippen LogP contribution in [0.3, 0.4) is 0 Å². The second-order valence-corrected chi connectivity index (χ2v) is 4.22. The molecule has 2 heterocycles. The molecule has 2 rings (SSSR count). The molecule has 0 fully saturated rings. The van der Waals surface area contributed by atoms with Crippen LogP contribution in [0, 0.1) is 0 Å². The van der Waals surface area contributed by atoms with E-state index in [1.807, 2.05) is 0 Å². The molecule has 0 atom stereocenters. The number of aromatic nitrogens is 2. The van der Waals surface area contributed by atoms with Gasteiger partial charge < -0.3 is 15.6 Å². The van der Waals surface area contributed by atoms with Crippen molar-refractivity contribution in [3.63, 3.8) is 0 Å². The maximum absolute atomic E-state index is 11.8. The minimum Gasteiger partial charge on any atom is -0.398 e. The van der Waals surface area contributed by atoms with E-state index in [4.69, 9.17) is 17.3 Å². The molecule has 0 aliphatic heterocycles. The standard InChI is InChI=1S/C12H11ClN4O2/c13-9-2-1-5-15-12(9)16-10(18)7-17-6-8(14)3-4-11(17)19/h1-6H,7,14H2,(H,15,16,18). The lowest BCUT2D eigenvalue weighted by atomic mass is 10.4. The first-order chi connectivity index (χ1) is 9.06. The Balaban J connectivity index is 2.12. The molecule has 19 heavy (non-hydrogen) atoms. The molecule has 2 aromatic rings. The molecule has 2 aromatic heterocycles. The highest BCUT2D eigenvalue weighted by Crippen LogP contribution is 2.17. The number of carbonyl (C=O) groups excluding carboxylic acids is 1. The van der Waals surface area contributed by atoms with Crippen molar-refractivity contribution >= 4 is 29.0 Å². The minimum absolute atomic E-state index is 0.156. The highest BCUT2D eigenvalue weighted by Gasteiger charge is 2.08. The summed E-state index contributed by atoms with van der Waals surface area (Å²) in [6.45, 7) is -0.156. The Labute approximate surface area is 113 Å². The number of rotatable bonds is 3. The average molecular weight is 279 g/mol. The first-order valence-corrected chi connectivity index (χ1v) is 5.80. The third-order valence-electron chi connectivity index (χ3n) is 2.34. The van der Waals surface area contributed by atoms with E-state index in [2.05, 4.69) is 10.3 Å². The Morgan fingerprint density at radius 1 is 1.42 bits per heavy atom. The summed E-state index contributed by atoms with van der Waals surface area (Å²) in [5.74, 6) is -0.153. The summed E-state index contributed by atoms with van der Waals surface area (Å²) in [7, 11) is 0. The molecule has 98 valence electrons. The smallest absolute Gasteiger partial charge is 0.251 e. The van der Waals surface area contributed by atoms with Gasteiger partial charge in [-0.1, -0.05) is 11.6 Å². The molecular weight excluding hydrogens is 268 g/mol. The van der Waals surface area contributed by atoms with Gasteiger partial charge in [-0.3, -0.25) is 9.59 Å². The average Bonchev–Trinajstić information content (AvgIpc) is 2.37. The summed E-state index contributed by atoms with van der Waals surface area (Å²) in [4.78, 5) is 27.2. The van der Waals surface area contributed by atoms with Crippen molar-refractivity contribution in [2.45, 2.75) is 6.54 Å². The molecule has 1 amide bonds. The van der Waals surface area contributed by atoms with Crippen LogP contribution < -0.4 is 16.6 Å². The second-order valence-electron chi connectivity index (χ2n) is 3.81. The van der Waals surface area contributed by atoms with Crippen LogP contribution in [0.4, 0.5) is 11.5 Å². The zero-order chi connectivity index (χ0) is 13.8. The number of nitrogens with zero attached hydrogens (tertiary/aromatic N) is 2. The van der Waals surface area contributed by atoms with Gasteiger partial charge in [-0.15, -0.1) is 0 Å². The van der Waals surface area contributed by atoms with Gasteiger partial charge in [0, 0.05) is 24.1 Å². The Bertz CT molecular complexity index is 669. The van der Waals surface area contributed by atoms with Crippen LogP contribution in [0.15, 0.2) is 41.5 Å². The van der Waals surface area contributed by atoms with Crippen molar-refractivity contribution < 1.29 is 4.79 Å². The van der Waals surface area contributed by atoms with Crippen molar-refractivity contribution in [2.75, 3.05) is 11.1 Å². The number of amides is 1. The van der Waals surface area contributed by atoms with E-state index in [0.29, 0.717) is 10.7 Å². The van der Waals surface area contributed by atoms with Crippen LogP contribution in [-0.2, 0) is 11.3 Å². The topological polar surface area (TPSA) is 90.0 Å². The summed E-state index contributed by atoms with van der Waals surface area (Å²) in [5, 5.41) is 2.85. The number of halogens is 1. The Hall–Kier alpha value is -2.34. The molecular formula is C12H11ClN4O2. The number of nitrogen functional groups attached to an aromatic ring is 1. The summed E-state index contributed by atoms with van der Waals surface area (Å²) < 4.78 is 1.21. The van der Waals surface area contributed by atoms with Crippen LogP contribution in [0.1, 0.15) is 0 Å². The number of carbonyl (C=O) groups is 1. The predicted molar refractivity (Wildman–Crippen MR) is 73.0 cm³/mol. The molecule has 0 unspecified atom stereocenters. The molecule has 0 bridgehead atoms. The fourth-order valence-electron chi connectivity index (χ4n) is 1.48. The van der Waals surface area contributed by atoms with Gasteiger partial charge in [-0.2, -0.15) is 0 Å². The number of hydrogen-bond donors (Lipinski definition) is 2. The van der Waals surface area contributed by atoms with E-state index >= 15 is 0 Å². The molecule has 7 heteroatoms. The van der Waals surface area contributed by atoms with E-state index in [-0.39, 0.29) is 17.9 Å². The van der Waals surface area contributed by atoms with E-state index < -0.39 is 5.91 Å². The molecule has 0 aromatic carbocycles.